The van der Waals surface area contributed by atoms with Crippen LogP contribution >= 0.6 is 11.8 Å². The molecule has 0 aromatic heterocycles. The highest BCUT2D eigenvalue weighted by Crippen LogP contribution is 2.33. The minimum atomic E-state index is -0.451. The molecule has 21 heavy (non-hydrogen) atoms. The lowest BCUT2D eigenvalue weighted by Crippen LogP contribution is -2.60. The summed E-state index contributed by atoms with van der Waals surface area (Å²) >= 11 is 1.94. The van der Waals surface area contributed by atoms with E-state index < -0.39 is 6.04 Å². The SMILES string of the molecule is O=C1NCC(C(=O)NCC2(N3CCOCC3)CCSC2)N1. The fraction of sp³-hybridized carbons (Fsp3) is 0.846. The predicted octanol–water partition coefficient (Wildman–Crippen LogP) is -1.01. The first kappa shape index (κ1) is 14.9. The zero-order valence-corrected chi connectivity index (χ0v) is 12.8. The van der Waals surface area contributed by atoms with Crippen LogP contribution in [-0.4, -0.2) is 79.3 Å². The summed E-state index contributed by atoms with van der Waals surface area (Å²) in [6.45, 7) is 4.40. The Morgan fingerprint density at radius 3 is 2.90 bits per heavy atom. The van der Waals surface area contributed by atoms with E-state index in [1.807, 2.05) is 11.8 Å². The summed E-state index contributed by atoms with van der Waals surface area (Å²) in [5, 5.41) is 8.27. The van der Waals surface area contributed by atoms with Crippen molar-refractivity contribution in [2.75, 3.05) is 50.9 Å². The molecule has 118 valence electrons. The van der Waals surface area contributed by atoms with Crippen molar-refractivity contribution in [3.63, 3.8) is 0 Å². The molecule has 3 fully saturated rings. The number of ether oxygens (including phenoxy) is 1. The molecule has 3 rings (SSSR count). The molecule has 0 aromatic rings. The molecule has 0 aromatic carbocycles. The van der Waals surface area contributed by atoms with Gasteiger partial charge < -0.3 is 20.7 Å². The van der Waals surface area contributed by atoms with Crippen molar-refractivity contribution in [1.82, 2.24) is 20.9 Å². The van der Waals surface area contributed by atoms with E-state index in [0.717, 1.165) is 44.2 Å². The molecular weight excluding hydrogens is 292 g/mol. The van der Waals surface area contributed by atoms with Crippen LogP contribution < -0.4 is 16.0 Å². The third-order valence-electron chi connectivity index (χ3n) is 4.44. The van der Waals surface area contributed by atoms with Crippen molar-refractivity contribution >= 4 is 23.7 Å². The smallest absolute Gasteiger partial charge is 0.315 e. The Hall–Kier alpha value is -0.990. The second-order valence-electron chi connectivity index (χ2n) is 5.75. The zero-order chi connectivity index (χ0) is 14.7. The topological polar surface area (TPSA) is 82.7 Å². The summed E-state index contributed by atoms with van der Waals surface area (Å²) in [5.41, 5.74) is 0.0418. The number of nitrogens with zero attached hydrogens (tertiary/aromatic N) is 1. The molecule has 2 unspecified atom stereocenters. The number of carbonyl (C=O) groups is 2. The van der Waals surface area contributed by atoms with Crippen LogP contribution in [0.1, 0.15) is 6.42 Å². The van der Waals surface area contributed by atoms with Gasteiger partial charge in [0.2, 0.25) is 5.91 Å². The summed E-state index contributed by atoms with van der Waals surface area (Å²) in [5.74, 6) is 2.08. The Morgan fingerprint density at radius 2 is 2.29 bits per heavy atom. The Labute approximate surface area is 128 Å². The molecule has 3 amide bonds. The molecule has 3 heterocycles. The molecule has 3 aliphatic heterocycles. The van der Waals surface area contributed by atoms with Gasteiger partial charge in [-0.15, -0.1) is 0 Å². The maximum absolute atomic E-state index is 12.2. The quantitative estimate of drug-likeness (QED) is 0.619. The molecule has 0 radical (unpaired) electrons. The Kier molecular flexibility index (Phi) is 4.56. The second kappa shape index (κ2) is 6.41. The highest BCUT2D eigenvalue weighted by Gasteiger charge is 2.41. The number of thioether (sulfide) groups is 1. The lowest BCUT2D eigenvalue weighted by Gasteiger charge is -2.43. The lowest BCUT2D eigenvalue weighted by molar-refractivity contribution is -0.123. The molecule has 3 N–H and O–H groups in total. The van der Waals surface area contributed by atoms with Gasteiger partial charge in [0.25, 0.3) is 0 Å². The van der Waals surface area contributed by atoms with Gasteiger partial charge in [-0.05, 0) is 12.2 Å². The summed E-state index contributed by atoms with van der Waals surface area (Å²) < 4.78 is 5.43. The first-order chi connectivity index (χ1) is 10.2. The monoisotopic (exact) mass is 314 g/mol. The number of hydrogen-bond donors (Lipinski definition) is 3. The normalized spacial score (nSPS) is 33.5. The number of hydrogen-bond acceptors (Lipinski definition) is 5. The van der Waals surface area contributed by atoms with Crippen LogP contribution in [0.15, 0.2) is 0 Å². The van der Waals surface area contributed by atoms with Crippen LogP contribution in [0.5, 0.6) is 0 Å². The van der Waals surface area contributed by atoms with E-state index in [0.29, 0.717) is 13.1 Å². The molecule has 8 heteroatoms. The average molecular weight is 314 g/mol. The maximum Gasteiger partial charge on any atom is 0.315 e. The van der Waals surface area contributed by atoms with E-state index in [-0.39, 0.29) is 17.5 Å². The number of amides is 3. The fourth-order valence-electron chi connectivity index (χ4n) is 3.12. The maximum atomic E-state index is 12.2. The van der Waals surface area contributed by atoms with Gasteiger partial charge in [-0.3, -0.25) is 9.69 Å². The number of carbonyl (C=O) groups excluding carboxylic acids is 2. The van der Waals surface area contributed by atoms with Crippen LogP contribution in [-0.2, 0) is 9.53 Å². The molecule has 0 spiro atoms. The van der Waals surface area contributed by atoms with E-state index in [4.69, 9.17) is 4.74 Å². The molecule has 0 aliphatic carbocycles. The zero-order valence-electron chi connectivity index (χ0n) is 12.0. The summed E-state index contributed by atoms with van der Waals surface area (Å²) in [4.78, 5) is 25.7. The molecule has 3 aliphatic rings. The van der Waals surface area contributed by atoms with Crippen LogP contribution in [0, 0.1) is 0 Å². The van der Waals surface area contributed by atoms with Crippen LogP contribution in [0.25, 0.3) is 0 Å². The molecular formula is C13H22N4O3S. The minimum Gasteiger partial charge on any atom is -0.379 e. The van der Waals surface area contributed by atoms with Gasteiger partial charge in [-0.25, -0.2) is 4.79 Å². The van der Waals surface area contributed by atoms with Crippen molar-refractivity contribution in [2.24, 2.45) is 0 Å². The van der Waals surface area contributed by atoms with Gasteiger partial charge in [0.1, 0.15) is 6.04 Å². The number of nitrogens with one attached hydrogen (secondary N) is 3. The third kappa shape index (κ3) is 3.27. The van der Waals surface area contributed by atoms with Crippen LogP contribution in [0.2, 0.25) is 0 Å². The van der Waals surface area contributed by atoms with Crippen molar-refractivity contribution < 1.29 is 14.3 Å². The van der Waals surface area contributed by atoms with Crippen LogP contribution in [0.4, 0.5) is 4.79 Å². The van der Waals surface area contributed by atoms with Crippen molar-refractivity contribution in [1.29, 1.82) is 0 Å². The highest BCUT2D eigenvalue weighted by molar-refractivity contribution is 7.99. The van der Waals surface area contributed by atoms with Crippen molar-refractivity contribution in [3.8, 4) is 0 Å². The Balaban J connectivity index is 1.57. The first-order valence-corrected chi connectivity index (χ1v) is 8.58. The summed E-state index contributed by atoms with van der Waals surface area (Å²) in [6.07, 6.45) is 1.09. The number of urea groups is 1. The van der Waals surface area contributed by atoms with Crippen LogP contribution in [0.3, 0.4) is 0 Å². The minimum absolute atomic E-state index is 0.0418. The van der Waals surface area contributed by atoms with E-state index in [1.165, 1.54) is 0 Å². The van der Waals surface area contributed by atoms with E-state index in [1.54, 1.807) is 0 Å². The van der Waals surface area contributed by atoms with Gasteiger partial charge in [0.05, 0.1) is 13.2 Å². The molecule has 0 bridgehead atoms. The number of rotatable bonds is 4. The highest BCUT2D eigenvalue weighted by atomic mass is 32.2. The standard InChI is InChI=1S/C13H22N4O3S/c18-11(10-7-14-12(19)16-10)15-8-13(1-6-21-9-13)17-2-4-20-5-3-17/h10H,1-9H2,(H,15,18)(H2,14,16,19). The summed E-state index contributed by atoms with van der Waals surface area (Å²) in [7, 11) is 0. The largest absolute Gasteiger partial charge is 0.379 e. The fourth-order valence-corrected chi connectivity index (χ4v) is 4.60. The van der Waals surface area contributed by atoms with E-state index in [2.05, 4.69) is 20.9 Å². The molecule has 3 saturated heterocycles. The number of morpholine rings is 1. The average Bonchev–Trinajstić information content (AvgIpc) is 3.16. The molecule has 2 atom stereocenters. The van der Waals surface area contributed by atoms with E-state index in [9.17, 15) is 9.59 Å². The Bertz CT molecular complexity index is 408. The van der Waals surface area contributed by atoms with E-state index >= 15 is 0 Å². The van der Waals surface area contributed by atoms with Gasteiger partial charge in [0, 0.05) is 37.5 Å². The second-order valence-corrected chi connectivity index (χ2v) is 6.86. The third-order valence-corrected chi connectivity index (χ3v) is 5.68. The predicted molar refractivity (Wildman–Crippen MR) is 80.4 cm³/mol. The molecule has 7 nitrogen and oxygen atoms in total. The summed E-state index contributed by atoms with van der Waals surface area (Å²) in [6, 6.07) is -0.720. The lowest BCUT2D eigenvalue weighted by atomic mass is 9.95. The van der Waals surface area contributed by atoms with Crippen molar-refractivity contribution in [3.05, 3.63) is 0 Å². The van der Waals surface area contributed by atoms with Gasteiger partial charge in [0.15, 0.2) is 0 Å². The molecule has 0 saturated carbocycles. The van der Waals surface area contributed by atoms with Gasteiger partial charge in [-0.2, -0.15) is 11.8 Å². The first-order valence-electron chi connectivity index (χ1n) is 7.42. The van der Waals surface area contributed by atoms with Crippen molar-refractivity contribution in [2.45, 2.75) is 18.0 Å². The Morgan fingerprint density at radius 1 is 1.48 bits per heavy atom. The van der Waals surface area contributed by atoms with Gasteiger partial charge >= 0.3 is 6.03 Å². The van der Waals surface area contributed by atoms with Gasteiger partial charge in [-0.1, -0.05) is 0 Å².